The number of rotatable bonds is 3. The van der Waals surface area contributed by atoms with Gasteiger partial charge < -0.3 is 14.5 Å². The molecule has 0 bridgehead atoms. The predicted octanol–water partition coefficient (Wildman–Crippen LogP) is 1.87. The molecule has 1 aromatic rings. The highest BCUT2D eigenvalue weighted by molar-refractivity contribution is 5.94. The number of esters is 1. The summed E-state index contributed by atoms with van der Waals surface area (Å²) in [5.41, 5.74) is 2.15. The van der Waals surface area contributed by atoms with Crippen LogP contribution in [0.15, 0.2) is 24.3 Å². The van der Waals surface area contributed by atoms with Crippen molar-refractivity contribution in [3.63, 3.8) is 0 Å². The third-order valence-electron chi connectivity index (χ3n) is 5.45. The molecule has 2 heterocycles. The standard InChI is InChI=1S/C19H24N2O4/c1-14(22)21-13-19(15-5-3-4-6-16(15)21)9-11-20(12-10-19)17(23)7-8-18(24)25-2/h3-6H,7-13H2,1-2H3. The van der Waals surface area contributed by atoms with Crippen molar-refractivity contribution in [3.8, 4) is 0 Å². The fourth-order valence-corrected chi connectivity index (χ4v) is 3.99. The van der Waals surface area contributed by atoms with Crippen LogP contribution in [0, 0.1) is 0 Å². The zero-order valence-electron chi connectivity index (χ0n) is 14.8. The second-order valence-electron chi connectivity index (χ2n) is 6.86. The fourth-order valence-electron chi connectivity index (χ4n) is 3.99. The molecule has 0 aliphatic carbocycles. The van der Waals surface area contributed by atoms with E-state index in [2.05, 4.69) is 10.8 Å². The summed E-state index contributed by atoms with van der Waals surface area (Å²) in [7, 11) is 1.33. The number of hydrogen-bond acceptors (Lipinski definition) is 4. The van der Waals surface area contributed by atoms with Gasteiger partial charge in [0, 0.05) is 44.1 Å². The third kappa shape index (κ3) is 3.25. The van der Waals surface area contributed by atoms with Crippen molar-refractivity contribution in [2.75, 3.05) is 31.6 Å². The van der Waals surface area contributed by atoms with Crippen LogP contribution in [0.3, 0.4) is 0 Å². The van der Waals surface area contributed by atoms with Crippen LogP contribution in [-0.4, -0.2) is 49.4 Å². The lowest BCUT2D eigenvalue weighted by Gasteiger charge is -2.40. The summed E-state index contributed by atoms with van der Waals surface area (Å²) in [6, 6.07) is 8.07. The number of carbonyl (C=O) groups is 3. The Labute approximate surface area is 147 Å². The van der Waals surface area contributed by atoms with Crippen molar-refractivity contribution in [1.82, 2.24) is 4.90 Å². The smallest absolute Gasteiger partial charge is 0.306 e. The van der Waals surface area contributed by atoms with Crippen molar-refractivity contribution in [3.05, 3.63) is 29.8 Å². The quantitative estimate of drug-likeness (QED) is 0.785. The Bertz CT molecular complexity index is 692. The monoisotopic (exact) mass is 344 g/mol. The highest BCUT2D eigenvalue weighted by Crippen LogP contribution is 2.46. The maximum atomic E-state index is 12.3. The molecule has 25 heavy (non-hydrogen) atoms. The molecule has 1 aromatic carbocycles. The van der Waals surface area contributed by atoms with E-state index >= 15 is 0 Å². The van der Waals surface area contributed by atoms with E-state index in [9.17, 15) is 14.4 Å². The summed E-state index contributed by atoms with van der Waals surface area (Å²) < 4.78 is 4.59. The highest BCUT2D eigenvalue weighted by Gasteiger charge is 2.45. The molecule has 6 heteroatoms. The molecule has 0 unspecified atom stereocenters. The van der Waals surface area contributed by atoms with Crippen LogP contribution in [-0.2, 0) is 24.5 Å². The minimum Gasteiger partial charge on any atom is -0.469 e. The number of benzene rings is 1. The molecule has 0 saturated carbocycles. The van der Waals surface area contributed by atoms with Gasteiger partial charge in [0.2, 0.25) is 11.8 Å². The van der Waals surface area contributed by atoms with Crippen LogP contribution >= 0.6 is 0 Å². The molecule has 2 amide bonds. The van der Waals surface area contributed by atoms with Crippen LogP contribution in [0.2, 0.25) is 0 Å². The number of likely N-dealkylation sites (tertiary alicyclic amines) is 1. The summed E-state index contributed by atoms with van der Waals surface area (Å²) in [6.45, 7) is 3.59. The average Bonchev–Trinajstić information content (AvgIpc) is 2.95. The molecule has 0 radical (unpaired) electrons. The normalized spacial score (nSPS) is 18.2. The molecule has 1 fully saturated rings. The molecule has 134 valence electrons. The molecule has 1 saturated heterocycles. The van der Waals surface area contributed by atoms with Gasteiger partial charge in [0.05, 0.1) is 13.5 Å². The minimum atomic E-state index is -0.358. The second-order valence-corrected chi connectivity index (χ2v) is 6.86. The van der Waals surface area contributed by atoms with Crippen molar-refractivity contribution >= 4 is 23.5 Å². The number of carbonyl (C=O) groups excluding carboxylic acids is 3. The zero-order valence-corrected chi connectivity index (χ0v) is 14.8. The van der Waals surface area contributed by atoms with Crippen LogP contribution in [0.1, 0.15) is 38.2 Å². The number of para-hydroxylation sites is 1. The van der Waals surface area contributed by atoms with Gasteiger partial charge in [-0.15, -0.1) is 0 Å². The van der Waals surface area contributed by atoms with Gasteiger partial charge in [-0.25, -0.2) is 0 Å². The number of ether oxygens (including phenoxy) is 1. The maximum absolute atomic E-state index is 12.3. The molecule has 2 aliphatic rings. The topological polar surface area (TPSA) is 66.9 Å². The van der Waals surface area contributed by atoms with Crippen LogP contribution < -0.4 is 4.90 Å². The number of amides is 2. The molecule has 6 nitrogen and oxygen atoms in total. The van der Waals surface area contributed by atoms with Crippen molar-refractivity contribution < 1.29 is 19.1 Å². The van der Waals surface area contributed by atoms with Crippen molar-refractivity contribution in [1.29, 1.82) is 0 Å². The molecule has 0 aromatic heterocycles. The first-order chi connectivity index (χ1) is 12.0. The summed E-state index contributed by atoms with van der Waals surface area (Å²) in [5, 5.41) is 0. The Morgan fingerprint density at radius 1 is 1.12 bits per heavy atom. The van der Waals surface area contributed by atoms with E-state index < -0.39 is 0 Å². The average molecular weight is 344 g/mol. The van der Waals surface area contributed by atoms with Crippen molar-refractivity contribution in [2.24, 2.45) is 0 Å². The Morgan fingerprint density at radius 2 is 1.80 bits per heavy atom. The number of hydrogen-bond donors (Lipinski definition) is 0. The summed E-state index contributed by atoms with van der Waals surface area (Å²) in [4.78, 5) is 39.2. The lowest BCUT2D eigenvalue weighted by Crippen LogP contribution is -2.47. The zero-order chi connectivity index (χ0) is 18.0. The SMILES string of the molecule is COC(=O)CCC(=O)N1CCC2(CC1)CN(C(C)=O)c1ccccc12. The molecular weight excluding hydrogens is 320 g/mol. The van der Waals surface area contributed by atoms with Gasteiger partial charge in [-0.05, 0) is 24.5 Å². The number of nitrogens with zero attached hydrogens (tertiary/aromatic N) is 2. The number of methoxy groups -OCH3 is 1. The molecule has 0 atom stereocenters. The fraction of sp³-hybridized carbons (Fsp3) is 0.526. The number of piperidine rings is 1. The first kappa shape index (κ1) is 17.5. The molecule has 1 spiro atoms. The number of fused-ring (bicyclic) bond motifs is 2. The highest BCUT2D eigenvalue weighted by atomic mass is 16.5. The molecular formula is C19H24N2O4. The van der Waals surface area contributed by atoms with E-state index in [1.807, 2.05) is 28.0 Å². The molecule has 0 N–H and O–H groups in total. The Kier molecular flexibility index (Phi) is 4.79. The first-order valence-corrected chi connectivity index (χ1v) is 8.69. The lowest BCUT2D eigenvalue weighted by atomic mass is 9.74. The van der Waals surface area contributed by atoms with E-state index in [4.69, 9.17) is 0 Å². The van der Waals surface area contributed by atoms with Crippen LogP contribution in [0.5, 0.6) is 0 Å². The first-order valence-electron chi connectivity index (χ1n) is 8.69. The van der Waals surface area contributed by atoms with Gasteiger partial charge in [0.1, 0.15) is 0 Å². The Morgan fingerprint density at radius 3 is 2.44 bits per heavy atom. The van der Waals surface area contributed by atoms with E-state index in [0.717, 1.165) is 18.5 Å². The Balaban J connectivity index is 1.68. The van der Waals surface area contributed by atoms with Crippen LogP contribution in [0.25, 0.3) is 0 Å². The molecule has 3 rings (SSSR count). The third-order valence-corrected chi connectivity index (χ3v) is 5.45. The van der Waals surface area contributed by atoms with Gasteiger partial charge in [0.25, 0.3) is 0 Å². The van der Waals surface area contributed by atoms with Gasteiger partial charge >= 0.3 is 5.97 Å². The van der Waals surface area contributed by atoms with Gasteiger partial charge in [-0.2, -0.15) is 0 Å². The van der Waals surface area contributed by atoms with E-state index in [0.29, 0.717) is 19.6 Å². The maximum Gasteiger partial charge on any atom is 0.306 e. The van der Waals surface area contributed by atoms with Crippen LogP contribution in [0.4, 0.5) is 5.69 Å². The predicted molar refractivity (Wildman–Crippen MR) is 93.2 cm³/mol. The van der Waals surface area contributed by atoms with Gasteiger partial charge in [0.15, 0.2) is 0 Å². The lowest BCUT2D eigenvalue weighted by molar-refractivity contribution is -0.144. The second kappa shape index (κ2) is 6.86. The Hall–Kier alpha value is -2.37. The van der Waals surface area contributed by atoms with E-state index in [1.165, 1.54) is 12.7 Å². The number of anilines is 1. The van der Waals surface area contributed by atoms with Gasteiger partial charge in [-0.3, -0.25) is 14.4 Å². The minimum absolute atomic E-state index is 0.00467. The largest absolute Gasteiger partial charge is 0.469 e. The summed E-state index contributed by atoms with van der Waals surface area (Å²) in [6.07, 6.45) is 1.98. The van der Waals surface area contributed by atoms with Crippen molar-refractivity contribution in [2.45, 2.75) is 38.0 Å². The summed E-state index contributed by atoms with van der Waals surface area (Å²) >= 11 is 0. The van der Waals surface area contributed by atoms with Gasteiger partial charge in [-0.1, -0.05) is 18.2 Å². The summed E-state index contributed by atoms with van der Waals surface area (Å²) in [5.74, 6) is -0.306. The molecule has 2 aliphatic heterocycles. The van der Waals surface area contributed by atoms with E-state index in [1.54, 1.807) is 6.92 Å². The van der Waals surface area contributed by atoms with E-state index in [-0.39, 0.29) is 36.0 Å².